The smallest absolute Gasteiger partial charge is 0.310 e. The number of fused-ring (bicyclic) bond motifs is 5. The topological polar surface area (TPSA) is 52.6 Å². The summed E-state index contributed by atoms with van der Waals surface area (Å²) >= 11 is 0. The predicted molar refractivity (Wildman–Crippen MR) is 107 cm³/mol. The predicted octanol–water partition coefficient (Wildman–Crippen LogP) is 5.18. The molecule has 0 aromatic heterocycles. The normalized spacial score (nSPS) is 33.4. The highest BCUT2D eigenvalue weighted by Crippen LogP contribution is 2.61. The van der Waals surface area contributed by atoms with E-state index in [4.69, 9.17) is 9.47 Å². The van der Waals surface area contributed by atoms with Crippen molar-refractivity contribution in [2.75, 3.05) is 0 Å². The first kappa shape index (κ1) is 19.5. The van der Waals surface area contributed by atoms with Crippen molar-refractivity contribution in [1.82, 2.24) is 0 Å². The third kappa shape index (κ3) is 3.25. The number of carbonyl (C=O) groups excluding carboxylic acids is 2. The number of rotatable bonds is 4. The standard InChI is InChI=1S/C24H32O4/c1-4-22(25)27-16-7-9-17-15(14-16)6-8-19-18(17)12-13-24(3)20(19)10-11-21(24)28-23(26)5-2/h7,9,14,18-21H,4-6,8,10-13H2,1-3H3/t18-,19+,20-,21+,24-/m0/s1. The van der Waals surface area contributed by atoms with E-state index in [1.807, 2.05) is 19.9 Å². The molecule has 3 aliphatic rings. The summed E-state index contributed by atoms with van der Waals surface area (Å²) in [6.45, 7) is 6.05. The van der Waals surface area contributed by atoms with E-state index >= 15 is 0 Å². The molecular formula is C24H32O4. The van der Waals surface area contributed by atoms with E-state index in [0.29, 0.717) is 36.3 Å². The summed E-state index contributed by atoms with van der Waals surface area (Å²) in [7, 11) is 0. The zero-order valence-electron chi connectivity index (χ0n) is 17.3. The number of esters is 2. The molecule has 5 atom stereocenters. The summed E-state index contributed by atoms with van der Waals surface area (Å²) in [6.07, 6.45) is 7.61. The Morgan fingerprint density at radius 3 is 2.61 bits per heavy atom. The second kappa shape index (κ2) is 7.53. The lowest BCUT2D eigenvalue weighted by atomic mass is 9.55. The Balaban J connectivity index is 1.54. The first-order valence-corrected chi connectivity index (χ1v) is 11.0. The highest BCUT2D eigenvalue weighted by molar-refractivity contribution is 5.72. The van der Waals surface area contributed by atoms with Crippen LogP contribution in [-0.4, -0.2) is 18.0 Å². The Labute approximate surface area is 168 Å². The van der Waals surface area contributed by atoms with Crippen LogP contribution >= 0.6 is 0 Å². The zero-order valence-corrected chi connectivity index (χ0v) is 17.3. The SMILES string of the molecule is CCC(=O)Oc1ccc2c(c1)CC[C@@H]1[C@H]2CC[C@]2(C)[C@H](OC(=O)CC)CC[C@@H]12. The Morgan fingerprint density at radius 2 is 1.86 bits per heavy atom. The van der Waals surface area contributed by atoms with Crippen LogP contribution < -0.4 is 4.74 Å². The van der Waals surface area contributed by atoms with Gasteiger partial charge < -0.3 is 9.47 Å². The first-order valence-electron chi connectivity index (χ1n) is 11.0. The molecule has 0 aliphatic heterocycles. The molecule has 152 valence electrons. The molecule has 1 aromatic rings. The Hall–Kier alpha value is -1.84. The van der Waals surface area contributed by atoms with Crippen LogP contribution in [0.2, 0.25) is 0 Å². The molecule has 0 unspecified atom stereocenters. The summed E-state index contributed by atoms with van der Waals surface area (Å²) in [4.78, 5) is 23.5. The van der Waals surface area contributed by atoms with E-state index in [9.17, 15) is 9.59 Å². The van der Waals surface area contributed by atoms with Gasteiger partial charge in [0, 0.05) is 18.3 Å². The number of hydrogen-bond donors (Lipinski definition) is 0. The van der Waals surface area contributed by atoms with Crippen molar-refractivity contribution in [2.45, 2.75) is 84.2 Å². The lowest BCUT2D eigenvalue weighted by Crippen LogP contribution is -2.45. The number of benzene rings is 1. The Kier molecular flexibility index (Phi) is 5.24. The number of hydrogen-bond acceptors (Lipinski definition) is 4. The molecule has 2 fully saturated rings. The van der Waals surface area contributed by atoms with Crippen LogP contribution in [0.3, 0.4) is 0 Å². The van der Waals surface area contributed by atoms with E-state index in [0.717, 1.165) is 25.7 Å². The maximum atomic E-state index is 11.9. The van der Waals surface area contributed by atoms with E-state index in [1.54, 1.807) is 0 Å². The van der Waals surface area contributed by atoms with Gasteiger partial charge in [0.2, 0.25) is 0 Å². The largest absolute Gasteiger partial charge is 0.462 e. The van der Waals surface area contributed by atoms with E-state index < -0.39 is 0 Å². The van der Waals surface area contributed by atoms with Crippen molar-refractivity contribution in [3.63, 3.8) is 0 Å². The van der Waals surface area contributed by atoms with Gasteiger partial charge in [-0.05, 0) is 79.5 Å². The fourth-order valence-electron chi connectivity index (χ4n) is 6.21. The molecule has 0 bridgehead atoms. The highest BCUT2D eigenvalue weighted by Gasteiger charge is 2.56. The number of carbonyl (C=O) groups is 2. The molecular weight excluding hydrogens is 352 g/mol. The third-order valence-corrected chi connectivity index (χ3v) is 7.69. The molecule has 0 saturated heterocycles. The Morgan fingerprint density at radius 1 is 1.07 bits per heavy atom. The van der Waals surface area contributed by atoms with Crippen LogP contribution in [0.5, 0.6) is 5.75 Å². The zero-order chi connectivity index (χ0) is 19.9. The molecule has 0 radical (unpaired) electrons. The number of aryl methyl sites for hydroxylation is 1. The number of ether oxygens (including phenoxy) is 2. The summed E-state index contributed by atoms with van der Waals surface area (Å²) in [5, 5.41) is 0. The second-order valence-corrected chi connectivity index (χ2v) is 9.06. The molecule has 0 spiro atoms. The van der Waals surface area contributed by atoms with Gasteiger partial charge in [0.05, 0.1) is 0 Å². The first-order chi connectivity index (χ1) is 13.5. The van der Waals surface area contributed by atoms with Gasteiger partial charge in [-0.25, -0.2) is 0 Å². The van der Waals surface area contributed by atoms with Crippen molar-refractivity contribution in [3.8, 4) is 5.75 Å². The molecule has 28 heavy (non-hydrogen) atoms. The molecule has 2 saturated carbocycles. The molecule has 4 rings (SSSR count). The third-order valence-electron chi connectivity index (χ3n) is 7.69. The van der Waals surface area contributed by atoms with Gasteiger partial charge in [-0.15, -0.1) is 0 Å². The van der Waals surface area contributed by atoms with Gasteiger partial charge in [0.25, 0.3) is 0 Å². The lowest BCUT2D eigenvalue weighted by Gasteiger charge is -2.50. The van der Waals surface area contributed by atoms with Gasteiger partial charge in [-0.1, -0.05) is 26.8 Å². The minimum atomic E-state index is -0.180. The van der Waals surface area contributed by atoms with Crippen LogP contribution in [0.25, 0.3) is 0 Å². The van der Waals surface area contributed by atoms with Crippen molar-refractivity contribution >= 4 is 11.9 Å². The quantitative estimate of drug-likeness (QED) is 0.530. The van der Waals surface area contributed by atoms with Gasteiger partial charge in [0.15, 0.2) is 0 Å². The van der Waals surface area contributed by atoms with E-state index in [1.165, 1.54) is 24.0 Å². The maximum absolute atomic E-state index is 11.9. The van der Waals surface area contributed by atoms with Crippen LogP contribution in [0.15, 0.2) is 18.2 Å². The second-order valence-electron chi connectivity index (χ2n) is 9.06. The van der Waals surface area contributed by atoms with Crippen LogP contribution in [0.4, 0.5) is 0 Å². The fraction of sp³-hybridized carbons (Fsp3) is 0.667. The van der Waals surface area contributed by atoms with Crippen LogP contribution in [-0.2, 0) is 20.7 Å². The van der Waals surface area contributed by atoms with Gasteiger partial charge >= 0.3 is 11.9 Å². The minimum absolute atomic E-state index is 0.0582. The van der Waals surface area contributed by atoms with Crippen LogP contribution in [0.1, 0.15) is 82.8 Å². The average Bonchev–Trinajstić information content (AvgIpc) is 3.03. The van der Waals surface area contributed by atoms with Crippen molar-refractivity contribution in [2.24, 2.45) is 17.3 Å². The summed E-state index contributed by atoms with van der Waals surface area (Å²) < 4.78 is 11.3. The minimum Gasteiger partial charge on any atom is -0.462 e. The molecule has 3 aliphatic carbocycles. The molecule has 4 heteroatoms. The molecule has 1 aromatic carbocycles. The molecule has 0 N–H and O–H groups in total. The van der Waals surface area contributed by atoms with Crippen molar-refractivity contribution in [1.29, 1.82) is 0 Å². The van der Waals surface area contributed by atoms with Gasteiger partial charge in [-0.2, -0.15) is 0 Å². The molecule has 0 amide bonds. The fourth-order valence-corrected chi connectivity index (χ4v) is 6.21. The van der Waals surface area contributed by atoms with Crippen LogP contribution in [0, 0.1) is 17.3 Å². The van der Waals surface area contributed by atoms with E-state index in [2.05, 4.69) is 19.1 Å². The monoisotopic (exact) mass is 384 g/mol. The summed E-state index contributed by atoms with van der Waals surface area (Å²) in [5.74, 6) is 2.32. The molecule has 0 heterocycles. The van der Waals surface area contributed by atoms with Crippen molar-refractivity contribution in [3.05, 3.63) is 29.3 Å². The van der Waals surface area contributed by atoms with Gasteiger partial charge in [0.1, 0.15) is 11.9 Å². The highest BCUT2D eigenvalue weighted by atomic mass is 16.5. The Bertz CT molecular complexity index is 770. The van der Waals surface area contributed by atoms with E-state index in [-0.39, 0.29) is 23.5 Å². The lowest BCUT2D eigenvalue weighted by molar-refractivity contribution is -0.157. The summed E-state index contributed by atoms with van der Waals surface area (Å²) in [6, 6.07) is 6.23. The molecule has 4 nitrogen and oxygen atoms in total. The summed E-state index contributed by atoms with van der Waals surface area (Å²) in [5.41, 5.74) is 2.92. The van der Waals surface area contributed by atoms with Crippen molar-refractivity contribution < 1.29 is 19.1 Å². The average molecular weight is 385 g/mol. The maximum Gasteiger partial charge on any atom is 0.310 e. The van der Waals surface area contributed by atoms with Gasteiger partial charge in [-0.3, -0.25) is 9.59 Å².